The van der Waals surface area contributed by atoms with Crippen molar-refractivity contribution in [3.8, 4) is 0 Å². The van der Waals surface area contributed by atoms with E-state index < -0.39 is 0 Å². The zero-order valence-corrected chi connectivity index (χ0v) is 19.0. The molecule has 2 heterocycles. The number of halogens is 1. The standard InChI is InChI=1S/C23H28ClN3O2S/c1-16(2)22(29)25-12-11-19-15-30-23(26-19)18-7-5-13-27(14-18)21(28)10-9-17-6-3-4-8-20(17)24/h3-4,6,8-10,15-16,18H,5,7,11-14H2,1-2H3,(H,25,29)/b10-9+/t18-/m0/s1. The highest BCUT2D eigenvalue weighted by Gasteiger charge is 2.25. The molecule has 3 rings (SSSR count). The van der Waals surface area contributed by atoms with Crippen molar-refractivity contribution >= 4 is 40.8 Å². The van der Waals surface area contributed by atoms with E-state index in [9.17, 15) is 9.59 Å². The van der Waals surface area contributed by atoms with Crippen LogP contribution in [0.4, 0.5) is 0 Å². The summed E-state index contributed by atoms with van der Waals surface area (Å²) >= 11 is 7.81. The zero-order valence-electron chi connectivity index (χ0n) is 17.4. The van der Waals surface area contributed by atoms with Crippen LogP contribution in [0.1, 0.15) is 48.9 Å². The van der Waals surface area contributed by atoms with E-state index in [0.29, 0.717) is 18.1 Å². The molecule has 1 aliphatic rings. The minimum absolute atomic E-state index is 0.00582. The highest BCUT2D eigenvalue weighted by Crippen LogP contribution is 2.29. The van der Waals surface area contributed by atoms with E-state index in [1.807, 2.05) is 43.0 Å². The average molecular weight is 446 g/mol. The average Bonchev–Trinajstić information content (AvgIpc) is 3.22. The van der Waals surface area contributed by atoms with Gasteiger partial charge in [-0.3, -0.25) is 9.59 Å². The van der Waals surface area contributed by atoms with Crippen LogP contribution < -0.4 is 5.32 Å². The molecule has 0 unspecified atom stereocenters. The molecule has 1 aromatic heterocycles. The number of hydrogen-bond acceptors (Lipinski definition) is 4. The van der Waals surface area contributed by atoms with Gasteiger partial charge in [-0.05, 0) is 30.5 Å². The highest BCUT2D eigenvalue weighted by molar-refractivity contribution is 7.09. The van der Waals surface area contributed by atoms with Crippen LogP contribution in [0.25, 0.3) is 6.08 Å². The second-order valence-corrected chi connectivity index (χ2v) is 9.15. The van der Waals surface area contributed by atoms with Crippen molar-refractivity contribution in [3.05, 3.63) is 57.0 Å². The Labute approximate surface area is 187 Å². The first kappa shape index (κ1) is 22.5. The van der Waals surface area contributed by atoms with Gasteiger partial charge in [0.2, 0.25) is 11.8 Å². The summed E-state index contributed by atoms with van der Waals surface area (Å²) in [6.07, 6.45) is 6.12. The maximum Gasteiger partial charge on any atom is 0.246 e. The molecule has 1 N–H and O–H groups in total. The molecule has 1 saturated heterocycles. The van der Waals surface area contributed by atoms with Crippen LogP contribution in [0.3, 0.4) is 0 Å². The summed E-state index contributed by atoms with van der Waals surface area (Å²) in [5.74, 6) is 0.332. The molecule has 1 aliphatic heterocycles. The molecule has 0 spiro atoms. The number of amides is 2. The van der Waals surface area contributed by atoms with Crippen LogP contribution in [0.2, 0.25) is 5.02 Å². The van der Waals surface area contributed by atoms with Gasteiger partial charge < -0.3 is 10.2 Å². The molecule has 2 amide bonds. The van der Waals surface area contributed by atoms with Gasteiger partial charge >= 0.3 is 0 Å². The smallest absolute Gasteiger partial charge is 0.246 e. The summed E-state index contributed by atoms with van der Waals surface area (Å²) in [5.41, 5.74) is 1.84. The third-order valence-electron chi connectivity index (χ3n) is 5.17. The summed E-state index contributed by atoms with van der Waals surface area (Å²) in [5, 5.41) is 6.71. The predicted octanol–water partition coefficient (Wildman–Crippen LogP) is 4.53. The number of benzene rings is 1. The Bertz CT molecular complexity index is 909. The van der Waals surface area contributed by atoms with Gasteiger partial charge in [0.1, 0.15) is 0 Å². The fourth-order valence-electron chi connectivity index (χ4n) is 3.40. The van der Waals surface area contributed by atoms with Crippen LogP contribution in [0.15, 0.2) is 35.7 Å². The molecule has 2 aromatic rings. The van der Waals surface area contributed by atoms with Crippen molar-refractivity contribution in [1.29, 1.82) is 0 Å². The van der Waals surface area contributed by atoms with E-state index in [1.54, 1.807) is 23.5 Å². The number of thiazole rings is 1. The molecule has 7 heteroatoms. The van der Waals surface area contributed by atoms with E-state index in [0.717, 1.165) is 42.1 Å². The molecule has 0 aliphatic carbocycles. The topological polar surface area (TPSA) is 62.3 Å². The Hall–Kier alpha value is -2.18. The van der Waals surface area contributed by atoms with Gasteiger partial charge in [0, 0.05) is 54.4 Å². The third kappa shape index (κ3) is 6.16. The quantitative estimate of drug-likeness (QED) is 0.637. The van der Waals surface area contributed by atoms with Crippen molar-refractivity contribution < 1.29 is 9.59 Å². The Morgan fingerprint density at radius 1 is 1.37 bits per heavy atom. The van der Waals surface area contributed by atoms with Crippen LogP contribution in [-0.2, 0) is 16.0 Å². The first-order valence-corrected chi connectivity index (χ1v) is 11.6. The third-order valence-corrected chi connectivity index (χ3v) is 6.57. The molecule has 5 nitrogen and oxygen atoms in total. The summed E-state index contributed by atoms with van der Waals surface area (Å²) in [6, 6.07) is 7.49. The predicted molar refractivity (Wildman–Crippen MR) is 123 cm³/mol. The lowest BCUT2D eigenvalue weighted by Crippen LogP contribution is -2.38. The normalized spacial score (nSPS) is 16.9. The van der Waals surface area contributed by atoms with E-state index in [1.165, 1.54) is 0 Å². The van der Waals surface area contributed by atoms with Gasteiger partial charge in [-0.25, -0.2) is 4.98 Å². The van der Waals surface area contributed by atoms with Gasteiger partial charge in [0.05, 0.1) is 10.7 Å². The van der Waals surface area contributed by atoms with Gasteiger partial charge in [0.25, 0.3) is 0 Å². The Morgan fingerprint density at radius 2 is 2.17 bits per heavy atom. The number of aromatic nitrogens is 1. The maximum absolute atomic E-state index is 12.7. The fraction of sp³-hybridized carbons (Fsp3) is 0.435. The van der Waals surface area contributed by atoms with Crippen molar-refractivity contribution in [1.82, 2.24) is 15.2 Å². The van der Waals surface area contributed by atoms with Crippen LogP contribution in [0.5, 0.6) is 0 Å². The molecule has 1 fully saturated rings. The second kappa shape index (κ2) is 10.7. The summed E-state index contributed by atoms with van der Waals surface area (Å²) in [6.45, 7) is 5.82. The summed E-state index contributed by atoms with van der Waals surface area (Å²) in [7, 11) is 0. The van der Waals surface area contributed by atoms with Gasteiger partial charge in [0.15, 0.2) is 0 Å². The molecule has 1 atom stereocenters. The maximum atomic E-state index is 12.7. The number of nitrogens with one attached hydrogen (secondary N) is 1. The Morgan fingerprint density at radius 3 is 2.93 bits per heavy atom. The van der Waals surface area contributed by atoms with Crippen molar-refractivity contribution in [3.63, 3.8) is 0 Å². The minimum Gasteiger partial charge on any atom is -0.355 e. The molecule has 0 bridgehead atoms. The number of carbonyl (C=O) groups excluding carboxylic acids is 2. The number of rotatable bonds is 7. The van der Waals surface area contributed by atoms with Crippen molar-refractivity contribution in [2.24, 2.45) is 5.92 Å². The molecule has 0 saturated carbocycles. The Kier molecular flexibility index (Phi) is 8.05. The van der Waals surface area contributed by atoms with Gasteiger partial charge in [-0.15, -0.1) is 11.3 Å². The minimum atomic E-state index is -0.00582. The highest BCUT2D eigenvalue weighted by atomic mass is 35.5. The summed E-state index contributed by atoms with van der Waals surface area (Å²) < 4.78 is 0. The molecular formula is C23H28ClN3O2S. The number of likely N-dealkylation sites (tertiary alicyclic amines) is 1. The van der Waals surface area contributed by atoms with Crippen LogP contribution >= 0.6 is 22.9 Å². The van der Waals surface area contributed by atoms with Gasteiger partial charge in [-0.1, -0.05) is 43.6 Å². The molecule has 1 aromatic carbocycles. The van der Waals surface area contributed by atoms with E-state index >= 15 is 0 Å². The SMILES string of the molecule is CC(C)C(=O)NCCc1csc([C@H]2CCCN(C(=O)/C=C/c3ccccc3Cl)C2)n1. The molecular weight excluding hydrogens is 418 g/mol. The first-order chi connectivity index (χ1) is 14.4. The molecule has 160 valence electrons. The van der Waals surface area contributed by atoms with Crippen LogP contribution in [0, 0.1) is 5.92 Å². The molecule has 30 heavy (non-hydrogen) atoms. The summed E-state index contributed by atoms with van der Waals surface area (Å²) in [4.78, 5) is 31.0. The van der Waals surface area contributed by atoms with Crippen molar-refractivity contribution in [2.75, 3.05) is 19.6 Å². The lowest BCUT2D eigenvalue weighted by atomic mass is 9.98. The number of nitrogens with zero attached hydrogens (tertiary/aromatic N) is 2. The van der Waals surface area contributed by atoms with E-state index in [-0.39, 0.29) is 23.7 Å². The largest absolute Gasteiger partial charge is 0.355 e. The monoisotopic (exact) mass is 445 g/mol. The van der Waals surface area contributed by atoms with Crippen molar-refractivity contribution in [2.45, 2.75) is 39.0 Å². The van der Waals surface area contributed by atoms with Crippen LogP contribution in [-0.4, -0.2) is 41.3 Å². The molecule has 0 radical (unpaired) electrons. The number of piperidine rings is 1. The number of hydrogen-bond donors (Lipinski definition) is 1. The van der Waals surface area contributed by atoms with E-state index in [4.69, 9.17) is 16.6 Å². The lowest BCUT2D eigenvalue weighted by molar-refractivity contribution is -0.127. The first-order valence-electron chi connectivity index (χ1n) is 10.4. The zero-order chi connectivity index (χ0) is 21.5. The van der Waals surface area contributed by atoms with Gasteiger partial charge in [-0.2, -0.15) is 0 Å². The number of carbonyl (C=O) groups is 2. The van der Waals surface area contributed by atoms with E-state index in [2.05, 4.69) is 10.7 Å². The Balaban J connectivity index is 1.54. The fourth-order valence-corrected chi connectivity index (χ4v) is 4.58. The lowest BCUT2D eigenvalue weighted by Gasteiger charge is -2.31. The second-order valence-electron chi connectivity index (χ2n) is 7.85.